The Hall–Kier alpha value is -1.82. The molecule has 18 heavy (non-hydrogen) atoms. The Morgan fingerprint density at radius 1 is 0.833 bits per heavy atom. The lowest BCUT2D eigenvalue weighted by Crippen LogP contribution is -2.16. The Labute approximate surface area is 107 Å². The number of benzene rings is 2. The topological polar surface area (TPSA) is 0 Å². The van der Waals surface area contributed by atoms with E-state index in [9.17, 15) is 0 Å². The monoisotopic (exact) mass is 232 g/mol. The van der Waals surface area contributed by atoms with E-state index in [2.05, 4.69) is 48.6 Å². The van der Waals surface area contributed by atoms with Gasteiger partial charge in [-0.1, -0.05) is 48.6 Å². The molecule has 0 fully saturated rings. The van der Waals surface area contributed by atoms with Gasteiger partial charge in [0.05, 0.1) is 0 Å². The van der Waals surface area contributed by atoms with Gasteiger partial charge in [-0.25, -0.2) is 0 Å². The fourth-order valence-corrected chi connectivity index (χ4v) is 3.31. The standard InChI is InChI=1S/C18H16/c1-3-7-15-13(5-1)9-11-18-16-8-4-2-6-14(16)10-12-17(15)18/h1,3,5-6,9-12H,2,4,7-8H2. The Bertz CT molecular complexity index is 771. The summed E-state index contributed by atoms with van der Waals surface area (Å²) in [6.45, 7) is 0. The van der Waals surface area contributed by atoms with E-state index in [1.807, 2.05) is 0 Å². The first kappa shape index (κ1) is 10.1. The third-order valence-electron chi connectivity index (χ3n) is 4.23. The third-order valence-corrected chi connectivity index (χ3v) is 4.23. The Morgan fingerprint density at radius 2 is 1.67 bits per heavy atom. The first-order chi connectivity index (χ1) is 8.93. The minimum absolute atomic E-state index is 1.08. The molecule has 0 aliphatic heterocycles. The van der Waals surface area contributed by atoms with Crippen LogP contribution in [-0.4, -0.2) is 0 Å². The zero-order chi connectivity index (χ0) is 11.9. The molecule has 0 aromatic heterocycles. The minimum atomic E-state index is 1.08. The molecule has 0 N–H and O–H groups in total. The largest absolute Gasteiger partial charge is 0.0801 e. The normalized spacial score (nSPS) is 16.7. The van der Waals surface area contributed by atoms with Crippen molar-refractivity contribution in [2.45, 2.75) is 25.7 Å². The maximum Gasteiger partial charge on any atom is -0.00822 e. The number of hydrogen-bond donors (Lipinski definition) is 0. The molecule has 0 unspecified atom stereocenters. The Balaban J connectivity index is 2.16. The van der Waals surface area contributed by atoms with E-state index in [1.165, 1.54) is 46.0 Å². The minimum Gasteiger partial charge on any atom is -0.0801 e. The lowest BCUT2D eigenvalue weighted by Gasteiger charge is -2.15. The van der Waals surface area contributed by atoms with Gasteiger partial charge in [0.2, 0.25) is 0 Å². The average molecular weight is 232 g/mol. The van der Waals surface area contributed by atoms with Gasteiger partial charge < -0.3 is 0 Å². The molecule has 0 atom stereocenters. The summed E-state index contributed by atoms with van der Waals surface area (Å²) < 4.78 is 0. The van der Waals surface area contributed by atoms with Crippen LogP contribution in [-0.2, 0) is 12.8 Å². The van der Waals surface area contributed by atoms with Crippen molar-refractivity contribution in [2.75, 3.05) is 0 Å². The molecule has 0 spiro atoms. The van der Waals surface area contributed by atoms with Crippen LogP contribution in [0.25, 0.3) is 22.9 Å². The summed E-state index contributed by atoms with van der Waals surface area (Å²) in [5, 5.41) is 5.79. The van der Waals surface area contributed by atoms with Gasteiger partial charge in [-0.2, -0.15) is 0 Å². The third kappa shape index (κ3) is 1.38. The van der Waals surface area contributed by atoms with E-state index in [1.54, 1.807) is 5.56 Å². The maximum atomic E-state index is 2.39. The summed E-state index contributed by atoms with van der Waals surface area (Å²) in [5.74, 6) is 0. The molecule has 0 heteroatoms. The highest BCUT2D eigenvalue weighted by Crippen LogP contribution is 2.22. The highest BCUT2D eigenvalue weighted by molar-refractivity contribution is 5.90. The first-order valence-electron chi connectivity index (χ1n) is 6.84. The van der Waals surface area contributed by atoms with Gasteiger partial charge in [0.1, 0.15) is 0 Å². The Kier molecular flexibility index (Phi) is 2.16. The van der Waals surface area contributed by atoms with Crippen molar-refractivity contribution >= 4 is 22.9 Å². The molecule has 0 heterocycles. The van der Waals surface area contributed by atoms with Crippen molar-refractivity contribution in [1.29, 1.82) is 0 Å². The summed E-state index contributed by atoms with van der Waals surface area (Å²) in [4.78, 5) is 0. The van der Waals surface area contributed by atoms with E-state index in [-0.39, 0.29) is 0 Å². The second-order valence-electron chi connectivity index (χ2n) is 5.26. The van der Waals surface area contributed by atoms with Crippen LogP contribution in [0.2, 0.25) is 0 Å². The average Bonchev–Trinajstić information content (AvgIpc) is 2.46. The maximum absolute atomic E-state index is 2.39. The zero-order valence-electron chi connectivity index (χ0n) is 10.4. The predicted molar refractivity (Wildman–Crippen MR) is 77.9 cm³/mol. The van der Waals surface area contributed by atoms with Gasteiger partial charge >= 0.3 is 0 Å². The number of hydrogen-bond acceptors (Lipinski definition) is 0. The molecule has 0 nitrogen and oxygen atoms in total. The van der Waals surface area contributed by atoms with E-state index in [0.717, 1.165) is 6.42 Å². The highest BCUT2D eigenvalue weighted by Gasteiger charge is 2.10. The number of rotatable bonds is 0. The van der Waals surface area contributed by atoms with Gasteiger partial charge in [-0.15, -0.1) is 0 Å². The smallest absolute Gasteiger partial charge is 0.00822 e. The summed E-state index contributed by atoms with van der Waals surface area (Å²) in [6.07, 6.45) is 13.9. The second-order valence-corrected chi connectivity index (χ2v) is 5.26. The zero-order valence-corrected chi connectivity index (χ0v) is 10.4. The fourth-order valence-electron chi connectivity index (χ4n) is 3.31. The van der Waals surface area contributed by atoms with Gasteiger partial charge in [0.25, 0.3) is 0 Å². The lowest BCUT2D eigenvalue weighted by atomic mass is 9.89. The molecule has 2 aliphatic rings. The van der Waals surface area contributed by atoms with Crippen molar-refractivity contribution in [1.82, 2.24) is 0 Å². The number of aryl methyl sites for hydroxylation is 1. The van der Waals surface area contributed by atoms with Crippen LogP contribution in [0, 0.1) is 0 Å². The van der Waals surface area contributed by atoms with Crippen LogP contribution in [0.1, 0.15) is 24.0 Å². The van der Waals surface area contributed by atoms with Crippen LogP contribution in [0.15, 0.2) is 36.4 Å². The van der Waals surface area contributed by atoms with E-state index in [4.69, 9.17) is 0 Å². The van der Waals surface area contributed by atoms with Gasteiger partial charge in [0, 0.05) is 0 Å². The summed E-state index contributed by atoms with van der Waals surface area (Å²) in [5.41, 5.74) is 3.07. The molecule has 2 aromatic carbocycles. The lowest BCUT2D eigenvalue weighted by molar-refractivity contribution is 0.843. The molecule has 4 rings (SSSR count). The molecule has 2 aliphatic carbocycles. The molecule has 0 bridgehead atoms. The molecule has 88 valence electrons. The molecular weight excluding hydrogens is 216 g/mol. The van der Waals surface area contributed by atoms with Crippen LogP contribution >= 0.6 is 0 Å². The predicted octanol–water partition coefficient (Wildman–Crippen LogP) is 2.85. The SMILES string of the molecule is C1=CCc2c(ccc3c4c(ccc23)=CCCC4)=C1. The molecule has 0 saturated carbocycles. The van der Waals surface area contributed by atoms with Crippen molar-refractivity contribution in [3.8, 4) is 0 Å². The fraction of sp³-hybridized carbons (Fsp3) is 0.222. The summed E-state index contributed by atoms with van der Waals surface area (Å²) >= 11 is 0. The van der Waals surface area contributed by atoms with Gasteiger partial charge in [-0.05, 0) is 58.0 Å². The van der Waals surface area contributed by atoms with Crippen molar-refractivity contribution in [3.63, 3.8) is 0 Å². The van der Waals surface area contributed by atoms with Crippen LogP contribution in [0.4, 0.5) is 0 Å². The van der Waals surface area contributed by atoms with E-state index in [0.29, 0.717) is 0 Å². The van der Waals surface area contributed by atoms with Crippen molar-refractivity contribution < 1.29 is 0 Å². The molecule has 0 amide bonds. The van der Waals surface area contributed by atoms with Crippen LogP contribution < -0.4 is 10.4 Å². The van der Waals surface area contributed by atoms with Crippen molar-refractivity contribution in [3.05, 3.63) is 58.0 Å². The van der Waals surface area contributed by atoms with E-state index >= 15 is 0 Å². The molecule has 0 saturated heterocycles. The molecule has 2 aromatic rings. The Morgan fingerprint density at radius 3 is 2.61 bits per heavy atom. The summed E-state index contributed by atoms with van der Waals surface area (Å²) in [7, 11) is 0. The van der Waals surface area contributed by atoms with Crippen LogP contribution in [0.5, 0.6) is 0 Å². The number of allylic oxidation sites excluding steroid dienone is 2. The number of fused-ring (bicyclic) bond motifs is 5. The highest BCUT2D eigenvalue weighted by atomic mass is 14.1. The van der Waals surface area contributed by atoms with Crippen molar-refractivity contribution in [2.24, 2.45) is 0 Å². The summed E-state index contributed by atoms with van der Waals surface area (Å²) in [6, 6.07) is 9.25. The van der Waals surface area contributed by atoms with Crippen LogP contribution in [0.3, 0.4) is 0 Å². The molecular formula is C18H16. The second kappa shape index (κ2) is 3.84. The van der Waals surface area contributed by atoms with Gasteiger partial charge in [-0.3, -0.25) is 0 Å². The first-order valence-corrected chi connectivity index (χ1v) is 6.84. The quantitative estimate of drug-likeness (QED) is 0.655. The molecule has 0 radical (unpaired) electrons. The van der Waals surface area contributed by atoms with E-state index < -0.39 is 0 Å². The van der Waals surface area contributed by atoms with Gasteiger partial charge in [0.15, 0.2) is 0 Å².